The Morgan fingerprint density at radius 1 is 1.58 bits per heavy atom. The van der Waals surface area contributed by atoms with E-state index in [1.165, 1.54) is 0 Å². The minimum Gasteiger partial charge on any atom is -0.490 e. The Hall–Kier alpha value is -0.730. The molecule has 0 spiro atoms. The third-order valence-corrected chi connectivity index (χ3v) is 2.30. The molecule has 1 aliphatic heterocycles. The van der Waals surface area contributed by atoms with Crippen LogP contribution in [0.5, 0.6) is 5.75 Å². The number of aryl methyl sites for hydroxylation is 1. The number of hydrogen-bond donors (Lipinski definition) is 1. The summed E-state index contributed by atoms with van der Waals surface area (Å²) in [6, 6.07) is 3.90. The average molecular weight is 184 g/mol. The molecule has 0 saturated carbocycles. The molecular formula is C9H10ClNO. The van der Waals surface area contributed by atoms with Gasteiger partial charge < -0.3 is 10.5 Å². The first-order valence-corrected chi connectivity index (χ1v) is 4.24. The fraction of sp³-hybridized carbons (Fsp3) is 0.333. The molecule has 3 heteroatoms. The highest BCUT2D eigenvalue weighted by Crippen LogP contribution is 2.37. The van der Waals surface area contributed by atoms with Crippen LogP contribution in [0.25, 0.3) is 0 Å². The molecule has 64 valence electrons. The van der Waals surface area contributed by atoms with E-state index in [1.54, 1.807) is 0 Å². The first-order chi connectivity index (χ1) is 5.68. The Kier molecular flexibility index (Phi) is 1.74. The summed E-state index contributed by atoms with van der Waals surface area (Å²) in [5.41, 5.74) is 7.95. The predicted octanol–water partition coefficient (Wildman–Crippen LogP) is 2.04. The maximum atomic E-state index is 5.96. The van der Waals surface area contributed by atoms with E-state index in [0.717, 1.165) is 16.9 Å². The summed E-state index contributed by atoms with van der Waals surface area (Å²) in [6.07, 6.45) is 0. The van der Waals surface area contributed by atoms with Crippen molar-refractivity contribution in [1.29, 1.82) is 0 Å². The van der Waals surface area contributed by atoms with Crippen LogP contribution in [0.2, 0.25) is 5.02 Å². The molecule has 2 nitrogen and oxygen atoms in total. The van der Waals surface area contributed by atoms with E-state index in [1.807, 2.05) is 19.1 Å². The van der Waals surface area contributed by atoms with Gasteiger partial charge in [-0.25, -0.2) is 0 Å². The molecule has 1 aromatic carbocycles. The Morgan fingerprint density at radius 3 is 3.08 bits per heavy atom. The summed E-state index contributed by atoms with van der Waals surface area (Å²) in [5.74, 6) is 0.759. The van der Waals surface area contributed by atoms with Gasteiger partial charge in [0.25, 0.3) is 0 Å². The highest BCUT2D eigenvalue weighted by molar-refractivity contribution is 6.32. The third kappa shape index (κ3) is 1.08. The van der Waals surface area contributed by atoms with Crippen molar-refractivity contribution in [2.75, 3.05) is 6.61 Å². The van der Waals surface area contributed by atoms with Crippen molar-refractivity contribution in [2.24, 2.45) is 5.73 Å². The molecule has 12 heavy (non-hydrogen) atoms. The lowest BCUT2D eigenvalue weighted by Gasteiger charge is -2.03. The Balaban J connectivity index is 2.60. The quantitative estimate of drug-likeness (QED) is 0.668. The van der Waals surface area contributed by atoms with Crippen molar-refractivity contribution in [1.82, 2.24) is 0 Å². The van der Waals surface area contributed by atoms with E-state index in [9.17, 15) is 0 Å². The fourth-order valence-electron chi connectivity index (χ4n) is 1.45. The van der Waals surface area contributed by atoms with Gasteiger partial charge in [-0.2, -0.15) is 0 Å². The Labute approximate surface area is 76.3 Å². The molecule has 2 N–H and O–H groups in total. The molecule has 1 aromatic rings. The zero-order valence-corrected chi connectivity index (χ0v) is 7.56. The number of hydrogen-bond acceptors (Lipinski definition) is 2. The van der Waals surface area contributed by atoms with E-state index >= 15 is 0 Å². The van der Waals surface area contributed by atoms with E-state index in [2.05, 4.69) is 0 Å². The number of benzene rings is 1. The lowest BCUT2D eigenvalue weighted by Crippen LogP contribution is -2.10. The molecule has 0 amide bonds. The second kappa shape index (κ2) is 2.64. The number of halogens is 1. The summed E-state index contributed by atoms with van der Waals surface area (Å²) in [7, 11) is 0. The van der Waals surface area contributed by atoms with E-state index < -0.39 is 0 Å². The zero-order chi connectivity index (χ0) is 8.72. The lowest BCUT2D eigenvalue weighted by molar-refractivity contribution is 0.333. The lowest BCUT2D eigenvalue weighted by atomic mass is 10.1. The molecule has 0 fully saturated rings. The number of rotatable bonds is 0. The SMILES string of the molecule is Cc1cc(Cl)c2c(c1)C(N)CO2. The van der Waals surface area contributed by atoms with Crippen LogP contribution in [0, 0.1) is 6.92 Å². The van der Waals surface area contributed by atoms with Crippen molar-refractivity contribution < 1.29 is 4.74 Å². The monoisotopic (exact) mass is 183 g/mol. The second-order valence-corrected chi connectivity index (χ2v) is 3.49. The van der Waals surface area contributed by atoms with Gasteiger partial charge in [0.15, 0.2) is 0 Å². The van der Waals surface area contributed by atoms with Crippen LogP contribution in [0.3, 0.4) is 0 Å². The largest absolute Gasteiger partial charge is 0.490 e. The molecular weight excluding hydrogens is 174 g/mol. The molecule has 1 unspecified atom stereocenters. The van der Waals surface area contributed by atoms with E-state index in [0.29, 0.717) is 11.6 Å². The van der Waals surface area contributed by atoms with Gasteiger partial charge in [-0.1, -0.05) is 17.7 Å². The van der Waals surface area contributed by atoms with Crippen LogP contribution in [-0.2, 0) is 0 Å². The summed E-state index contributed by atoms with van der Waals surface area (Å²) in [4.78, 5) is 0. The van der Waals surface area contributed by atoms with Crippen molar-refractivity contribution in [3.63, 3.8) is 0 Å². The first kappa shape index (κ1) is 7.90. The van der Waals surface area contributed by atoms with Crippen LogP contribution < -0.4 is 10.5 Å². The summed E-state index contributed by atoms with van der Waals surface area (Å²) >= 11 is 5.96. The molecule has 1 heterocycles. The van der Waals surface area contributed by atoms with Crippen molar-refractivity contribution in [2.45, 2.75) is 13.0 Å². The number of nitrogens with two attached hydrogens (primary N) is 1. The molecule has 1 atom stereocenters. The average Bonchev–Trinajstić information content (AvgIpc) is 2.33. The fourth-order valence-corrected chi connectivity index (χ4v) is 1.78. The Morgan fingerprint density at radius 2 is 2.33 bits per heavy atom. The number of ether oxygens (including phenoxy) is 1. The predicted molar refractivity (Wildman–Crippen MR) is 48.6 cm³/mol. The van der Waals surface area contributed by atoms with Gasteiger partial charge >= 0.3 is 0 Å². The van der Waals surface area contributed by atoms with Crippen molar-refractivity contribution >= 4 is 11.6 Å². The maximum absolute atomic E-state index is 5.96. The van der Waals surface area contributed by atoms with Gasteiger partial charge in [0.1, 0.15) is 12.4 Å². The van der Waals surface area contributed by atoms with Crippen LogP contribution >= 0.6 is 11.6 Å². The van der Waals surface area contributed by atoms with Gasteiger partial charge in [0.2, 0.25) is 0 Å². The Bertz CT molecular complexity index is 325. The highest BCUT2D eigenvalue weighted by Gasteiger charge is 2.22. The second-order valence-electron chi connectivity index (χ2n) is 3.08. The van der Waals surface area contributed by atoms with Crippen LogP contribution in [-0.4, -0.2) is 6.61 Å². The smallest absolute Gasteiger partial charge is 0.142 e. The maximum Gasteiger partial charge on any atom is 0.142 e. The van der Waals surface area contributed by atoms with Crippen molar-refractivity contribution in [3.05, 3.63) is 28.3 Å². The summed E-state index contributed by atoms with van der Waals surface area (Å²) < 4.78 is 5.34. The molecule has 0 saturated heterocycles. The standard InChI is InChI=1S/C9H10ClNO/c1-5-2-6-8(11)4-12-9(6)7(10)3-5/h2-3,8H,4,11H2,1H3. The summed E-state index contributed by atoms with van der Waals surface area (Å²) in [5, 5.41) is 0.665. The minimum atomic E-state index is -0.0163. The van der Waals surface area contributed by atoms with Crippen LogP contribution in [0.15, 0.2) is 12.1 Å². The van der Waals surface area contributed by atoms with E-state index in [4.69, 9.17) is 22.1 Å². The molecule has 1 aliphatic rings. The molecule has 0 aromatic heterocycles. The molecule has 2 rings (SSSR count). The zero-order valence-electron chi connectivity index (χ0n) is 6.80. The van der Waals surface area contributed by atoms with Crippen LogP contribution in [0.4, 0.5) is 0 Å². The number of fused-ring (bicyclic) bond motifs is 1. The van der Waals surface area contributed by atoms with Gasteiger partial charge in [-0.05, 0) is 18.6 Å². The van der Waals surface area contributed by atoms with Gasteiger partial charge in [0.05, 0.1) is 11.1 Å². The van der Waals surface area contributed by atoms with Gasteiger partial charge in [-0.3, -0.25) is 0 Å². The third-order valence-electron chi connectivity index (χ3n) is 2.02. The normalized spacial score (nSPS) is 20.4. The summed E-state index contributed by atoms with van der Waals surface area (Å²) in [6.45, 7) is 2.54. The molecule has 0 aliphatic carbocycles. The molecule has 0 radical (unpaired) electrons. The molecule has 0 bridgehead atoms. The van der Waals surface area contributed by atoms with Crippen molar-refractivity contribution in [3.8, 4) is 5.75 Å². The van der Waals surface area contributed by atoms with E-state index in [-0.39, 0.29) is 6.04 Å². The topological polar surface area (TPSA) is 35.2 Å². The van der Waals surface area contributed by atoms with Gasteiger partial charge in [0, 0.05) is 5.56 Å². The minimum absolute atomic E-state index is 0.0163. The first-order valence-electron chi connectivity index (χ1n) is 3.87. The highest BCUT2D eigenvalue weighted by atomic mass is 35.5. The van der Waals surface area contributed by atoms with Gasteiger partial charge in [-0.15, -0.1) is 0 Å². The van der Waals surface area contributed by atoms with Crippen LogP contribution in [0.1, 0.15) is 17.2 Å².